The number of carboxylic acid groups (broad SMARTS) is 1. The quantitative estimate of drug-likeness (QED) is 0.533. The maximum absolute atomic E-state index is 14.9. The van der Waals surface area contributed by atoms with E-state index in [1.807, 2.05) is 18.2 Å². The van der Waals surface area contributed by atoms with Crippen LogP contribution < -0.4 is 9.62 Å². The molecule has 2 aromatic carbocycles. The van der Waals surface area contributed by atoms with E-state index >= 15 is 0 Å². The third-order valence-corrected chi connectivity index (χ3v) is 7.18. The van der Waals surface area contributed by atoms with Gasteiger partial charge in [-0.05, 0) is 36.6 Å². The second-order valence-corrected chi connectivity index (χ2v) is 9.61. The molecule has 0 radical (unpaired) electrons. The van der Waals surface area contributed by atoms with Gasteiger partial charge in [-0.2, -0.15) is 0 Å². The molecular weight excluding hydrogens is 451 g/mol. The minimum absolute atomic E-state index is 0.0140. The number of hydrogen-bond acceptors (Lipinski definition) is 7. The zero-order valence-corrected chi connectivity index (χ0v) is 18.6. The molecule has 2 heterocycles. The number of anilines is 2. The van der Waals surface area contributed by atoms with Gasteiger partial charge >= 0.3 is 6.09 Å². The number of amides is 1. The van der Waals surface area contributed by atoms with Gasteiger partial charge in [-0.3, -0.25) is 4.90 Å². The lowest BCUT2D eigenvalue weighted by Crippen LogP contribution is -2.36. The van der Waals surface area contributed by atoms with Gasteiger partial charge in [-0.25, -0.2) is 17.6 Å². The van der Waals surface area contributed by atoms with E-state index in [2.05, 4.69) is 32.0 Å². The lowest BCUT2D eigenvalue weighted by Gasteiger charge is -2.20. The Bertz CT molecular complexity index is 1240. The molecule has 0 aliphatic carbocycles. The van der Waals surface area contributed by atoms with Gasteiger partial charge in [-0.15, -0.1) is 4.31 Å². The average molecular weight is 475 g/mol. The zero-order valence-electron chi connectivity index (χ0n) is 17.8. The predicted molar refractivity (Wildman–Crippen MR) is 119 cm³/mol. The van der Waals surface area contributed by atoms with E-state index in [9.17, 15) is 22.7 Å². The van der Waals surface area contributed by atoms with Crippen LogP contribution in [0.3, 0.4) is 0 Å². The van der Waals surface area contributed by atoms with Gasteiger partial charge in [0.1, 0.15) is 17.0 Å². The van der Waals surface area contributed by atoms with Crippen molar-refractivity contribution < 1.29 is 27.2 Å². The first-order valence-electron chi connectivity index (χ1n) is 10.3. The first-order valence-corrected chi connectivity index (χ1v) is 11.7. The van der Waals surface area contributed by atoms with Crippen LogP contribution in [-0.4, -0.2) is 48.8 Å². The molecule has 2 N–H and O–H groups in total. The molecule has 1 fully saturated rings. The SMILES string of the molecule is Cc1cc(S(=O)(=O)N(C(=O)O)c2ccon2)c(F)cc1N[C@H]1CCN(Cc2ccccc2)C1. The number of hydrogen-bond donors (Lipinski definition) is 2. The number of nitrogens with zero attached hydrogens (tertiary/aromatic N) is 3. The molecule has 0 bridgehead atoms. The van der Waals surface area contributed by atoms with Crippen LogP contribution in [0.5, 0.6) is 0 Å². The van der Waals surface area contributed by atoms with E-state index in [0.717, 1.165) is 50.5 Å². The Balaban J connectivity index is 1.51. The highest BCUT2D eigenvalue weighted by Crippen LogP contribution is 2.29. The van der Waals surface area contributed by atoms with Gasteiger partial charge in [0.05, 0.1) is 0 Å². The maximum Gasteiger partial charge on any atom is 0.427 e. The van der Waals surface area contributed by atoms with E-state index < -0.39 is 32.6 Å². The Morgan fingerprint density at radius 3 is 2.73 bits per heavy atom. The Labute approximate surface area is 190 Å². The van der Waals surface area contributed by atoms with Gasteiger partial charge in [0.2, 0.25) is 0 Å². The third-order valence-electron chi connectivity index (χ3n) is 5.48. The van der Waals surface area contributed by atoms with Crippen molar-refractivity contribution in [1.82, 2.24) is 10.1 Å². The molecule has 11 heteroatoms. The number of halogens is 1. The summed E-state index contributed by atoms with van der Waals surface area (Å²) in [4.78, 5) is 13.1. The summed E-state index contributed by atoms with van der Waals surface area (Å²) in [5.74, 6) is -1.54. The number of carbonyl (C=O) groups is 1. The summed E-state index contributed by atoms with van der Waals surface area (Å²) in [5, 5.41) is 16.0. The molecule has 9 nitrogen and oxygen atoms in total. The Kier molecular flexibility index (Phi) is 6.34. The molecule has 1 atom stereocenters. The van der Waals surface area contributed by atoms with Gasteiger partial charge in [0, 0.05) is 37.4 Å². The summed E-state index contributed by atoms with van der Waals surface area (Å²) in [7, 11) is -4.76. The van der Waals surface area contributed by atoms with Crippen molar-refractivity contribution in [3.8, 4) is 0 Å². The number of likely N-dealkylation sites (tertiary alicyclic amines) is 1. The van der Waals surface area contributed by atoms with Crippen LogP contribution >= 0.6 is 0 Å². The first kappa shape index (κ1) is 22.7. The monoisotopic (exact) mass is 474 g/mol. The molecule has 1 amide bonds. The van der Waals surface area contributed by atoms with Crippen molar-refractivity contribution in [2.75, 3.05) is 22.7 Å². The summed E-state index contributed by atoms with van der Waals surface area (Å²) in [6.07, 6.45) is 0.0537. The molecule has 1 saturated heterocycles. The van der Waals surface area contributed by atoms with Crippen molar-refractivity contribution in [1.29, 1.82) is 0 Å². The number of sulfonamides is 1. The minimum Gasteiger partial charge on any atom is -0.464 e. The number of nitrogens with one attached hydrogen (secondary N) is 1. The Hall–Kier alpha value is -3.44. The highest BCUT2D eigenvalue weighted by Gasteiger charge is 2.35. The van der Waals surface area contributed by atoms with E-state index in [-0.39, 0.29) is 10.3 Å². The molecule has 1 aromatic heterocycles. The van der Waals surface area contributed by atoms with Crippen LogP contribution in [-0.2, 0) is 16.6 Å². The zero-order chi connectivity index (χ0) is 23.6. The van der Waals surface area contributed by atoms with Gasteiger partial charge in [-0.1, -0.05) is 35.5 Å². The van der Waals surface area contributed by atoms with E-state index in [1.54, 1.807) is 6.92 Å². The summed E-state index contributed by atoms with van der Waals surface area (Å²) >= 11 is 0. The summed E-state index contributed by atoms with van der Waals surface area (Å²) in [6.45, 7) is 4.09. The molecular formula is C22H23FN4O5S. The van der Waals surface area contributed by atoms with Gasteiger partial charge < -0.3 is 14.9 Å². The maximum atomic E-state index is 14.9. The third kappa shape index (κ3) is 4.83. The predicted octanol–water partition coefficient (Wildman–Crippen LogP) is 3.68. The molecule has 1 aliphatic rings. The summed E-state index contributed by atoms with van der Waals surface area (Å²) in [6, 6.07) is 13.4. The number of benzene rings is 2. The first-order chi connectivity index (χ1) is 15.8. The molecule has 4 rings (SSSR count). The second kappa shape index (κ2) is 9.20. The van der Waals surface area contributed by atoms with Crippen LogP contribution in [0.1, 0.15) is 17.5 Å². The molecule has 3 aromatic rings. The van der Waals surface area contributed by atoms with Crippen molar-refractivity contribution in [2.24, 2.45) is 0 Å². The smallest absolute Gasteiger partial charge is 0.427 e. The topological polar surface area (TPSA) is 116 Å². The highest BCUT2D eigenvalue weighted by atomic mass is 32.2. The molecule has 33 heavy (non-hydrogen) atoms. The lowest BCUT2D eigenvalue weighted by atomic mass is 10.1. The summed E-state index contributed by atoms with van der Waals surface area (Å²) in [5.41, 5.74) is 2.15. The van der Waals surface area contributed by atoms with Crippen molar-refractivity contribution >= 4 is 27.6 Å². The Morgan fingerprint density at radius 1 is 1.30 bits per heavy atom. The summed E-state index contributed by atoms with van der Waals surface area (Å²) < 4.78 is 45.3. The van der Waals surface area contributed by atoms with Crippen molar-refractivity contribution in [2.45, 2.75) is 30.8 Å². The standard InChI is InChI=1S/C22H23FN4O5S/c1-15-11-20(33(30,31)27(22(28)29)21-8-10-32-25-21)18(23)12-19(15)24-17-7-9-26(14-17)13-16-5-3-2-4-6-16/h2-6,8,10-12,17,24H,7,9,13-14H2,1H3,(H,28,29)/t17-/m0/s1. The van der Waals surface area contributed by atoms with Crippen molar-refractivity contribution in [3.63, 3.8) is 0 Å². The normalized spacial score (nSPS) is 16.6. The van der Waals surface area contributed by atoms with E-state index in [1.165, 1.54) is 5.56 Å². The largest absolute Gasteiger partial charge is 0.464 e. The molecule has 0 unspecified atom stereocenters. The van der Waals surface area contributed by atoms with Crippen molar-refractivity contribution in [3.05, 3.63) is 71.7 Å². The van der Waals surface area contributed by atoms with Crippen LogP contribution in [0, 0.1) is 12.7 Å². The second-order valence-electron chi connectivity index (χ2n) is 7.86. The fourth-order valence-corrected chi connectivity index (χ4v) is 5.27. The van der Waals surface area contributed by atoms with Gasteiger partial charge in [0.15, 0.2) is 5.82 Å². The fourth-order valence-electron chi connectivity index (χ4n) is 3.90. The number of aryl methyl sites for hydroxylation is 1. The van der Waals surface area contributed by atoms with Crippen LogP contribution in [0.25, 0.3) is 0 Å². The molecule has 0 saturated carbocycles. The van der Waals surface area contributed by atoms with Crippen LogP contribution in [0.2, 0.25) is 0 Å². The minimum atomic E-state index is -4.76. The Morgan fingerprint density at radius 2 is 2.06 bits per heavy atom. The van der Waals surface area contributed by atoms with Crippen LogP contribution in [0.4, 0.5) is 20.7 Å². The van der Waals surface area contributed by atoms with E-state index in [0.29, 0.717) is 11.3 Å². The fraction of sp³-hybridized carbons (Fsp3) is 0.273. The molecule has 1 aliphatic heterocycles. The number of aromatic nitrogens is 1. The van der Waals surface area contributed by atoms with Crippen LogP contribution in [0.15, 0.2) is 64.2 Å². The number of rotatable bonds is 7. The molecule has 174 valence electrons. The van der Waals surface area contributed by atoms with Gasteiger partial charge in [0.25, 0.3) is 10.0 Å². The highest BCUT2D eigenvalue weighted by molar-refractivity contribution is 7.93. The van der Waals surface area contributed by atoms with E-state index in [4.69, 9.17) is 0 Å². The lowest BCUT2D eigenvalue weighted by molar-refractivity contribution is 0.205. The molecule has 0 spiro atoms. The average Bonchev–Trinajstić information content (AvgIpc) is 3.43.